The van der Waals surface area contributed by atoms with Crippen LogP contribution in [0, 0.1) is 13.8 Å². The molecule has 3 rings (SSSR count). The molecule has 128 valence electrons. The van der Waals surface area contributed by atoms with Crippen molar-refractivity contribution in [3.63, 3.8) is 0 Å². The smallest absolute Gasteiger partial charge is 0.218 e. The van der Waals surface area contributed by atoms with Crippen LogP contribution in [0.3, 0.4) is 0 Å². The van der Waals surface area contributed by atoms with Crippen molar-refractivity contribution < 1.29 is 4.79 Å². The number of rotatable bonds is 6. The van der Waals surface area contributed by atoms with Crippen molar-refractivity contribution in [3.05, 3.63) is 59.7 Å². The van der Waals surface area contributed by atoms with Crippen molar-refractivity contribution in [2.75, 3.05) is 5.75 Å². The zero-order valence-electron chi connectivity index (χ0n) is 14.3. The molecule has 0 radical (unpaired) electrons. The highest BCUT2D eigenvalue weighted by molar-refractivity contribution is 7.99. The van der Waals surface area contributed by atoms with E-state index in [9.17, 15) is 4.79 Å². The second-order valence-electron chi connectivity index (χ2n) is 5.91. The molecule has 2 aromatic carbocycles. The first-order valence-electron chi connectivity index (χ1n) is 8.05. The fourth-order valence-corrected chi connectivity index (χ4v) is 3.33. The van der Waals surface area contributed by atoms with Crippen molar-refractivity contribution in [1.82, 2.24) is 14.8 Å². The molecule has 0 saturated heterocycles. The molecule has 3 aromatic rings. The second kappa shape index (κ2) is 7.53. The molecule has 0 aliphatic rings. The van der Waals surface area contributed by atoms with Gasteiger partial charge in [0.15, 0.2) is 11.0 Å². The Hall–Kier alpha value is -2.60. The van der Waals surface area contributed by atoms with Crippen LogP contribution in [-0.4, -0.2) is 26.4 Å². The Morgan fingerprint density at radius 3 is 2.20 bits per heavy atom. The number of amides is 1. The summed E-state index contributed by atoms with van der Waals surface area (Å²) in [7, 11) is 0. The highest BCUT2D eigenvalue weighted by Gasteiger charge is 2.16. The lowest BCUT2D eigenvalue weighted by molar-refractivity contribution is -0.117. The molecule has 0 saturated carbocycles. The summed E-state index contributed by atoms with van der Waals surface area (Å²) in [5.41, 5.74) is 9.62. The van der Waals surface area contributed by atoms with Gasteiger partial charge in [0.25, 0.3) is 0 Å². The van der Waals surface area contributed by atoms with E-state index in [2.05, 4.69) is 60.4 Å². The summed E-state index contributed by atoms with van der Waals surface area (Å²) in [4.78, 5) is 11.0. The van der Waals surface area contributed by atoms with E-state index in [1.807, 2.05) is 16.7 Å². The van der Waals surface area contributed by atoms with Gasteiger partial charge in [0, 0.05) is 23.4 Å². The zero-order valence-corrected chi connectivity index (χ0v) is 15.1. The van der Waals surface area contributed by atoms with E-state index < -0.39 is 0 Å². The van der Waals surface area contributed by atoms with Crippen LogP contribution in [0.25, 0.3) is 17.1 Å². The Balaban J connectivity index is 2.02. The number of hydrogen-bond donors (Lipinski definition) is 1. The molecule has 0 spiro atoms. The number of carbonyl (C=O) groups excluding carboxylic acids is 1. The highest BCUT2D eigenvalue weighted by Crippen LogP contribution is 2.28. The predicted molar refractivity (Wildman–Crippen MR) is 101 cm³/mol. The zero-order chi connectivity index (χ0) is 17.8. The monoisotopic (exact) mass is 352 g/mol. The quantitative estimate of drug-likeness (QED) is 0.689. The first kappa shape index (κ1) is 17.2. The fourth-order valence-electron chi connectivity index (χ4n) is 2.42. The third-order valence-corrected chi connectivity index (χ3v) is 4.75. The number of aryl methyl sites for hydroxylation is 2. The number of primary amides is 1. The van der Waals surface area contributed by atoms with Crippen LogP contribution in [-0.2, 0) is 4.79 Å². The van der Waals surface area contributed by atoms with Gasteiger partial charge in [0.05, 0.1) is 0 Å². The number of benzene rings is 2. The molecule has 1 heterocycles. The van der Waals surface area contributed by atoms with Gasteiger partial charge in [0.2, 0.25) is 5.91 Å². The van der Waals surface area contributed by atoms with Crippen LogP contribution >= 0.6 is 11.8 Å². The molecule has 0 aliphatic carbocycles. The molecule has 1 amide bonds. The lowest BCUT2D eigenvalue weighted by Crippen LogP contribution is -2.11. The van der Waals surface area contributed by atoms with E-state index in [0.29, 0.717) is 12.2 Å². The Labute approximate surface area is 151 Å². The van der Waals surface area contributed by atoms with Gasteiger partial charge < -0.3 is 5.73 Å². The van der Waals surface area contributed by atoms with E-state index in [-0.39, 0.29) is 5.91 Å². The molecule has 0 atom stereocenters. The number of nitrogens with zero attached hydrogens (tertiary/aromatic N) is 3. The minimum atomic E-state index is -0.312. The van der Waals surface area contributed by atoms with Crippen LogP contribution in [0.2, 0.25) is 0 Å². The van der Waals surface area contributed by atoms with Gasteiger partial charge in [-0.05, 0) is 26.0 Å². The van der Waals surface area contributed by atoms with Gasteiger partial charge in [-0.25, -0.2) is 0 Å². The summed E-state index contributed by atoms with van der Waals surface area (Å²) < 4.78 is 2.02. The maximum absolute atomic E-state index is 11.0. The second-order valence-corrected chi connectivity index (χ2v) is 6.97. The van der Waals surface area contributed by atoms with E-state index in [1.54, 1.807) is 0 Å². The minimum Gasteiger partial charge on any atom is -0.370 e. The number of thioether (sulfide) groups is 1. The van der Waals surface area contributed by atoms with Crippen LogP contribution < -0.4 is 5.73 Å². The highest BCUT2D eigenvalue weighted by atomic mass is 32.2. The average molecular weight is 352 g/mol. The largest absolute Gasteiger partial charge is 0.370 e. The summed E-state index contributed by atoms with van der Waals surface area (Å²) in [6.45, 7) is 4.11. The number of nitrogens with two attached hydrogens (primary N) is 1. The molecule has 6 heteroatoms. The standard InChI is InChI=1S/C19H20N4OS/c1-13-3-7-15(8-4-13)18-21-22-19(25-12-11-17(20)24)23(18)16-9-5-14(2)6-10-16/h3-10H,11-12H2,1-2H3,(H2,20,24). The molecular formula is C19H20N4OS. The SMILES string of the molecule is Cc1ccc(-c2nnc(SCCC(N)=O)n2-c2ccc(C)cc2)cc1. The van der Waals surface area contributed by atoms with Crippen LogP contribution in [0.15, 0.2) is 53.7 Å². The van der Waals surface area contributed by atoms with Crippen molar-refractivity contribution in [1.29, 1.82) is 0 Å². The third kappa shape index (κ3) is 4.09. The number of aromatic nitrogens is 3. The average Bonchev–Trinajstić information content (AvgIpc) is 3.00. The third-order valence-electron chi connectivity index (χ3n) is 3.81. The van der Waals surface area contributed by atoms with E-state index in [4.69, 9.17) is 5.73 Å². The molecule has 2 N–H and O–H groups in total. The number of carbonyl (C=O) groups is 1. The predicted octanol–water partition coefficient (Wildman–Crippen LogP) is 3.52. The van der Waals surface area contributed by atoms with Crippen LogP contribution in [0.4, 0.5) is 0 Å². The van der Waals surface area contributed by atoms with Crippen molar-refractivity contribution in [2.45, 2.75) is 25.4 Å². The summed E-state index contributed by atoms with van der Waals surface area (Å²) in [6, 6.07) is 16.4. The summed E-state index contributed by atoms with van der Waals surface area (Å²) in [5.74, 6) is 1.05. The Bertz CT molecular complexity index is 869. The summed E-state index contributed by atoms with van der Waals surface area (Å²) >= 11 is 1.48. The van der Waals surface area contributed by atoms with Gasteiger partial charge in [-0.1, -0.05) is 59.3 Å². The summed E-state index contributed by atoms with van der Waals surface area (Å²) in [6.07, 6.45) is 0.311. The topological polar surface area (TPSA) is 73.8 Å². The summed E-state index contributed by atoms with van der Waals surface area (Å²) in [5, 5.41) is 9.47. The molecule has 0 fully saturated rings. The Morgan fingerprint density at radius 2 is 1.60 bits per heavy atom. The molecule has 5 nitrogen and oxygen atoms in total. The van der Waals surface area contributed by atoms with E-state index >= 15 is 0 Å². The van der Waals surface area contributed by atoms with Crippen molar-refractivity contribution in [3.8, 4) is 17.1 Å². The van der Waals surface area contributed by atoms with Crippen molar-refractivity contribution >= 4 is 17.7 Å². The molecular weight excluding hydrogens is 332 g/mol. The Morgan fingerprint density at radius 1 is 1.00 bits per heavy atom. The van der Waals surface area contributed by atoms with Gasteiger partial charge in [-0.3, -0.25) is 9.36 Å². The van der Waals surface area contributed by atoms with Crippen LogP contribution in [0.5, 0.6) is 0 Å². The van der Waals surface area contributed by atoms with Crippen LogP contribution in [0.1, 0.15) is 17.5 Å². The maximum Gasteiger partial charge on any atom is 0.218 e. The maximum atomic E-state index is 11.0. The van der Waals surface area contributed by atoms with E-state index in [1.165, 1.54) is 22.9 Å². The van der Waals surface area contributed by atoms with E-state index in [0.717, 1.165) is 22.2 Å². The first-order chi connectivity index (χ1) is 12.0. The van der Waals surface area contributed by atoms with Gasteiger partial charge in [0.1, 0.15) is 0 Å². The first-order valence-corrected chi connectivity index (χ1v) is 9.04. The van der Waals surface area contributed by atoms with Gasteiger partial charge in [-0.15, -0.1) is 10.2 Å². The fraction of sp³-hybridized carbons (Fsp3) is 0.211. The normalized spacial score (nSPS) is 10.8. The Kier molecular flexibility index (Phi) is 5.19. The molecule has 0 aliphatic heterocycles. The van der Waals surface area contributed by atoms with Gasteiger partial charge in [-0.2, -0.15) is 0 Å². The van der Waals surface area contributed by atoms with Gasteiger partial charge >= 0.3 is 0 Å². The molecule has 25 heavy (non-hydrogen) atoms. The lowest BCUT2D eigenvalue weighted by atomic mass is 10.1. The lowest BCUT2D eigenvalue weighted by Gasteiger charge is -2.11. The molecule has 1 aromatic heterocycles. The number of hydrogen-bond acceptors (Lipinski definition) is 4. The molecule has 0 bridgehead atoms. The van der Waals surface area contributed by atoms with Crippen molar-refractivity contribution in [2.24, 2.45) is 5.73 Å². The molecule has 0 unspecified atom stereocenters. The minimum absolute atomic E-state index is 0.311.